The van der Waals surface area contributed by atoms with Crippen molar-refractivity contribution < 1.29 is 17.7 Å². The Morgan fingerprint density at radius 2 is 0.720 bits per heavy atom. The summed E-state index contributed by atoms with van der Waals surface area (Å²) in [6, 6.07) is 0. The molecule has 0 aromatic carbocycles. The molecule has 0 unspecified atom stereocenters. The van der Waals surface area contributed by atoms with Gasteiger partial charge in [0.2, 0.25) is 0 Å². The van der Waals surface area contributed by atoms with Gasteiger partial charge in [0.15, 0.2) is 0 Å². The smallest absolute Gasteiger partial charge is 0.459 e. The fraction of sp³-hybridized carbons (Fsp3) is 0.600. The van der Waals surface area contributed by atoms with Gasteiger partial charge < -0.3 is 17.7 Å². The van der Waals surface area contributed by atoms with Gasteiger partial charge in [0.05, 0.1) is 25.0 Å². The second kappa shape index (κ2) is 17.2. The van der Waals surface area contributed by atoms with Gasteiger partial charge in [-0.1, -0.05) is 77.7 Å². The van der Waals surface area contributed by atoms with Crippen molar-refractivity contribution in [1.82, 2.24) is 0 Å². The van der Waals surface area contributed by atoms with E-state index in [9.17, 15) is 0 Å². The molecular formula is C20H36O4Si. The van der Waals surface area contributed by atoms with Gasteiger partial charge in [0.25, 0.3) is 0 Å². The molecule has 0 rings (SSSR count). The zero-order valence-electron chi connectivity index (χ0n) is 16.4. The van der Waals surface area contributed by atoms with E-state index in [-0.39, 0.29) is 0 Å². The maximum Gasteiger partial charge on any atom is 0.964 e. The molecule has 0 aliphatic rings. The third kappa shape index (κ3) is 13.4. The van der Waals surface area contributed by atoms with Crippen LogP contribution in [-0.4, -0.2) is 9.05 Å². The minimum atomic E-state index is -3.34. The number of hydrogen-bond acceptors (Lipinski definition) is 4. The highest BCUT2D eigenvalue weighted by Gasteiger charge is 2.54. The summed E-state index contributed by atoms with van der Waals surface area (Å²) in [5.74, 6) is 0. The lowest BCUT2D eigenvalue weighted by atomic mass is 10.3. The Morgan fingerprint density at radius 1 is 0.480 bits per heavy atom. The third-order valence-electron chi connectivity index (χ3n) is 3.06. The maximum absolute atomic E-state index is 5.81. The molecule has 4 nitrogen and oxygen atoms in total. The highest BCUT2D eigenvalue weighted by atomic mass is 28.4. The summed E-state index contributed by atoms with van der Waals surface area (Å²) in [5, 5.41) is 0. The van der Waals surface area contributed by atoms with Crippen molar-refractivity contribution in [1.29, 1.82) is 0 Å². The molecule has 25 heavy (non-hydrogen) atoms. The molecule has 0 atom stereocenters. The molecule has 0 aromatic heterocycles. The molecule has 0 aliphatic heterocycles. The molecule has 0 aromatic rings. The van der Waals surface area contributed by atoms with Crippen molar-refractivity contribution in [3.63, 3.8) is 0 Å². The summed E-state index contributed by atoms with van der Waals surface area (Å²) in [6.45, 7) is 8.47. The summed E-state index contributed by atoms with van der Waals surface area (Å²) in [6.07, 6.45) is 22.3. The molecule has 0 bridgehead atoms. The average Bonchev–Trinajstić information content (AvgIpc) is 2.63. The summed E-state index contributed by atoms with van der Waals surface area (Å²) >= 11 is 0. The molecule has 0 saturated carbocycles. The number of allylic oxidation sites excluding steroid dienone is 4. The summed E-state index contributed by atoms with van der Waals surface area (Å²) in [4.78, 5) is 0. The Labute approximate surface area is 155 Å². The van der Waals surface area contributed by atoms with Gasteiger partial charge in [0, 0.05) is 0 Å². The van der Waals surface area contributed by atoms with Crippen LogP contribution >= 0.6 is 0 Å². The first kappa shape index (κ1) is 23.4. The summed E-state index contributed by atoms with van der Waals surface area (Å²) in [5.41, 5.74) is 0. The Morgan fingerprint density at radius 3 is 0.920 bits per heavy atom. The zero-order chi connectivity index (χ0) is 18.6. The monoisotopic (exact) mass is 368 g/mol. The standard InChI is InChI=1S/C20H36O4Si/c1-5-9-13-17-21-25(22-18-14-10-6-2,23-19-15-11-7-3)24-20-16-12-8-4/h13-20H,5-12H2,1-4H3. The second-order valence-electron chi connectivity index (χ2n) is 5.61. The second-order valence-corrected chi connectivity index (χ2v) is 7.56. The minimum Gasteiger partial charge on any atom is -0.459 e. The quantitative estimate of drug-likeness (QED) is 0.223. The van der Waals surface area contributed by atoms with Gasteiger partial charge in [-0.2, -0.15) is 0 Å². The predicted octanol–water partition coefficient (Wildman–Crippen LogP) is 6.74. The Hall–Kier alpha value is -1.62. The number of unbranched alkanes of at least 4 members (excludes halogenated alkanes) is 4. The first-order chi connectivity index (χ1) is 12.2. The van der Waals surface area contributed by atoms with E-state index in [1.54, 1.807) is 25.0 Å². The van der Waals surface area contributed by atoms with E-state index >= 15 is 0 Å². The lowest BCUT2D eigenvalue weighted by Crippen LogP contribution is -2.44. The molecule has 0 saturated heterocycles. The van der Waals surface area contributed by atoms with Gasteiger partial charge in [-0.25, -0.2) is 0 Å². The molecule has 0 aliphatic carbocycles. The fourth-order valence-electron chi connectivity index (χ4n) is 1.63. The first-order valence-electron chi connectivity index (χ1n) is 9.55. The van der Waals surface area contributed by atoms with Gasteiger partial charge >= 0.3 is 9.05 Å². The van der Waals surface area contributed by atoms with Crippen molar-refractivity contribution in [2.75, 3.05) is 0 Å². The van der Waals surface area contributed by atoms with E-state index in [1.807, 2.05) is 24.3 Å². The summed E-state index contributed by atoms with van der Waals surface area (Å²) < 4.78 is 23.2. The first-order valence-corrected chi connectivity index (χ1v) is 11.2. The van der Waals surface area contributed by atoms with Crippen molar-refractivity contribution in [2.24, 2.45) is 0 Å². The molecule has 0 fully saturated rings. The van der Waals surface area contributed by atoms with Crippen LogP contribution in [0.15, 0.2) is 49.4 Å². The van der Waals surface area contributed by atoms with Crippen LogP contribution in [-0.2, 0) is 17.7 Å². The van der Waals surface area contributed by atoms with E-state index in [1.165, 1.54) is 0 Å². The Kier molecular flexibility index (Phi) is 16.1. The molecule has 144 valence electrons. The van der Waals surface area contributed by atoms with Crippen LogP contribution in [0.25, 0.3) is 0 Å². The van der Waals surface area contributed by atoms with Crippen LogP contribution < -0.4 is 0 Å². The van der Waals surface area contributed by atoms with Crippen molar-refractivity contribution in [3.05, 3.63) is 49.4 Å². The van der Waals surface area contributed by atoms with Crippen LogP contribution in [0.2, 0.25) is 0 Å². The number of rotatable bonds is 16. The summed E-state index contributed by atoms with van der Waals surface area (Å²) in [7, 11) is -3.34. The normalized spacial score (nSPS) is 14.6. The predicted molar refractivity (Wildman–Crippen MR) is 106 cm³/mol. The molecule has 0 amide bonds. The van der Waals surface area contributed by atoms with E-state index < -0.39 is 9.05 Å². The van der Waals surface area contributed by atoms with Crippen molar-refractivity contribution >= 4 is 9.05 Å². The molecule has 0 radical (unpaired) electrons. The van der Waals surface area contributed by atoms with Crippen LogP contribution in [0.4, 0.5) is 0 Å². The molecule has 0 heterocycles. The lowest BCUT2D eigenvalue weighted by Gasteiger charge is -2.22. The van der Waals surface area contributed by atoms with Gasteiger partial charge in [-0.15, -0.1) is 0 Å². The highest BCUT2D eigenvalue weighted by molar-refractivity contribution is 6.54. The lowest BCUT2D eigenvalue weighted by molar-refractivity contribution is 0.0764. The Balaban J connectivity index is 5.11. The van der Waals surface area contributed by atoms with Crippen molar-refractivity contribution in [2.45, 2.75) is 79.1 Å². The largest absolute Gasteiger partial charge is 0.964 e. The highest BCUT2D eigenvalue weighted by Crippen LogP contribution is 2.16. The third-order valence-corrected chi connectivity index (χ3v) is 4.75. The molecular weight excluding hydrogens is 332 g/mol. The molecule has 0 N–H and O–H groups in total. The van der Waals surface area contributed by atoms with E-state index in [0.29, 0.717) is 0 Å². The van der Waals surface area contributed by atoms with E-state index in [2.05, 4.69) is 27.7 Å². The van der Waals surface area contributed by atoms with Crippen LogP contribution in [0.3, 0.4) is 0 Å². The SMILES string of the molecule is CCCC=CO[Si](OC=CCCC)(OC=CCCC)OC=CCCC. The zero-order valence-corrected chi connectivity index (χ0v) is 17.4. The number of hydrogen-bond donors (Lipinski definition) is 0. The van der Waals surface area contributed by atoms with Crippen LogP contribution in [0.5, 0.6) is 0 Å². The maximum atomic E-state index is 5.81. The Bertz CT molecular complexity index is 325. The minimum absolute atomic E-state index is 0.938. The topological polar surface area (TPSA) is 36.9 Å². The van der Waals surface area contributed by atoms with Gasteiger partial charge in [-0.3, -0.25) is 0 Å². The molecule has 0 spiro atoms. The van der Waals surface area contributed by atoms with Gasteiger partial charge in [-0.05, 0) is 25.7 Å². The van der Waals surface area contributed by atoms with Crippen molar-refractivity contribution in [3.8, 4) is 0 Å². The van der Waals surface area contributed by atoms with Gasteiger partial charge in [0.1, 0.15) is 0 Å². The van der Waals surface area contributed by atoms with Crippen LogP contribution in [0, 0.1) is 0 Å². The molecule has 5 heteroatoms. The van der Waals surface area contributed by atoms with E-state index in [4.69, 9.17) is 17.7 Å². The fourth-order valence-corrected chi connectivity index (χ4v) is 3.02. The van der Waals surface area contributed by atoms with Crippen LogP contribution in [0.1, 0.15) is 79.1 Å². The van der Waals surface area contributed by atoms with E-state index in [0.717, 1.165) is 51.4 Å². The average molecular weight is 369 g/mol.